The molecule has 2 rings (SSSR count). The number of hydrogen-bond acceptors (Lipinski definition) is 2. The van der Waals surface area contributed by atoms with Crippen LogP contribution in [0.25, 0.3) is 0 Å². The summed E-state index contributed by atoms with van der Waals surface area (Å²) in [7, 11) is 0. The standard InChI is InChI=1S/C15H23BrN2/c1-10-6-13(4-5-14(10)16)15(7-17)18-8-11(2)12(3)9-18/h4-6,11-12,15H,7-9,17H2,1-3H3. The first kappa shape index (κ1) is 14.0. The molecule has 2 N–H and O–H groups in total. The Balaban J connectivity index is 2.20. The Morgan fingerprint density at radius 3 is 2.44 bits per heavy atom. The SMILES string of the molecule is Cc1cc(C(CN)N2CC(C)C(C)C2)ccc1Br. The normalized spacial score (nSPS) is 26.5. The highest BCUT2D eigenvalue weighted by Crippen LogP contribution is 2.31. The predicted molar refractivity (Wildman–Crippen MR) is 80.6 cm³/mol. The summed E-state index contributed by atoms with van der Waals surface area (Å²) >= 11 is 3.56. The van der Waals surface area contributed by atoms with E-state index < -0.39 is 0 Å². The van der Waals surface area contributed by atoms with Crippen LogP contribution in [0, 0.1) is 18.8 Å². The molecule has 0 aliphatic carbocycles. The second kappa shape index (κ2) is 5.72. The second-order valence-corrected chi connectivity index (χ2v) is 6.52. The van der Waals surface area contributed by atoms with E-state index in [1.807, 2.05) is 0 Å². The molecule has 0 spiro atoms. The van der Waals surface area contributed by atoms with Crippen LogP contribution in [0.15, 0.2) is 22.7 Å². The van der Waals surface area contributed by atoms with Gasteiger partial charge in [0.25, 0.3) is 0 Å². The highest BCUT2D eigenvalue weighted by Gasteiger charge is 2.31. The fourth-order valence-corrected chi connectivity index (χ4v) is 3.05. The summed E-state index contributed by atoms with van der Waals surface area (Å²) in [5, 5.41) is 0. The molecule has 3 unspecified atom stereocenters. The highest BCUT2D eigenvalue weighted by atomic mass is 79.9. The second-order valence-electron chi connectivity index (χ2n) is 5.67. The smallest absolute Gasteiger partial charge is 0.0470 e. The molecule has 2 nitrogen and oxygen atoms in total. The molecule has 1 saturated heterocycles. The zero-order chi connectivity index (χ0) is 13.3. The van der Waals surface area contributed by atoms with Gasteiger partial charge in [0.1, 0.15) is 0 Å². The van der Waals surface area contributed by atoms with Crippen molar-refractivity contribution in [3.63, 3.8) is 0 Å². The first-order valence-electron chi connectivity index (χ1n) is 6.73. The van der Waals surface area contributed by atoms with E-state index in [0.717, 1.165) is 24.9 Å². The maximum atomic E-state index is 6.01. The van der Waals surface area contributed by atoms with Crippen LogP contribution in [0.3, 0.4) is 0 Å². The lowest BCUT2D eigenvalue weighted by Gasteiger charge is -2.27. The number of nitrogens with two attached hydrogens (primary N) is 1. The number of nitrogens with zero attached hydrogens (tertiary/aromatic N) is 1. The van der Waals surface area contributed by atoms with E-state index in [0.29, 0.717) is 12.6 Å². The number of rotatable bonds is 3. The van der Waals surface area contributed by atoms with Gasteiger partial charge in [-0.05, 0) is 36.0 Å². The molecule has 0 bridgehead atoms. The van der Waals surface area contributed by atoms with Crippen molar-refractivity contribution in [3.8, 4) is 0 Å². The lowest BCUT2D eigenvalue weighted by molar-refractivity contribution is 0.240. The van der Waals surface area contributed by atoms with Crippen LogP contribution in [0.4, 0.5) is 0 Å². The van der Waals surface area contributed by atoms with Gasteiger partial charge in [-0.25, -0.2) is 0 Å². The van der Waals surface area contributed by atoms with E-state index in [9.17, 15) is 0 Å². The van der Waals surface area contributed by atoms with Crippen molar-refractivity contribution >= 4 is 15.9 Å². The first-order chi connectivity index (χ1) is 8.52. The van der Waals surface area contributed by atoms with Gasteiger partial charge in [-0.3, -0.25) is 4.90 Å². The molecule has 0 amide bonds. The zero-order valence-corrected chi connectivity index (χ0v) is 13.1. The van der Waals surface area contributed by atoms with E-state index in [-0.39, 0.29) is 0 Å². The van der Waals surface area contributed by atoms with Crippen LogP contribution in [0.5, 0.6) is 0 Å². The zero-order valence-electron chi connectivity index (χ0n) is 11.5. The van der Waals surface area contributed by atoms with Gasteiger partial charge in [-0.15, -0.1) is 0 Å². The molecule has 0 radical (unpaired) electrons. The van der Waals surface area contributed by atoms with Crippen LogP contribution in [-0.4, -0.2) is 24.5 Å². The van der Waals surface area contributed by atoms with Gasteiger partial charge in [0.2, 0.25) is 0 Å². The van der Waals surface area contributed by atoms with Crippen molar-refractivity contribution < 1.29 is 0 Å². The van der Waals surface area contributed by atoms with E-state index in [1.165, 1.54) is 15.6 Å². The van der Waals surface area contributed by atoms with Crippen LogP contribution in [0.1, 0.15) is 31.0 Å². The van der Waals surface area contributed by atoms with Crippen molar-refractivity contribution in [2.45, 2.75) is 26.8 Å². The predicted octanol–water partition coefficient (Wildman–Crippen LogP) is 3.35. The Labute approximate surface area is 119 Å². The summed E-state index contributed by atoms with van der Waals surface area (Å²) in [4.78, 5) is 2.54. The van der Waals surface area contributed by atoms with Crippen molar-refractivity contribution in [3.05, 3.63) is 33.8 Å². The van der Waals surface area contributed by atoms with Crippen molar-refractivity contribution in [1.29, 1.82) is 0 Å². The summed E-state index contributed by atoms with van der Waals surface area (Å²) in [6.07, 6.45) is 0. The summed E-state index contributed by atoms with van der Waals surface area (Å²) in [5.74, 6) is 1.55. The van der Waals surface area contributed by atoms with Gasteiger partial charge in [-0.2, -0.15) is 0 Å². The third kappa shape index (κ3) is 2.79. The third-order valence-corrected chi connectivity index (χ3v) is 5.14. The molecular formula is C15H23BrN2. The van der Waals surface area contributed by atoms with Gasteiger partial charge >= 0.3 is 0 Å². The molecule has 1 heterocycles. The van der Waals surface area contributed by atoms with E-state index in [2.05, 4.69) is 59.8 Å². The summed E-state index contributed by atoms with van der Waals surface area (Å²) in [6.45, 7) is 9.84. The number of likely N-dealkylation sites (tertiary alicyclic amines) is 1. The Hall–Kier alpha value is -0.380. The van der Waals surface area contributed by atoms with Gasteiger partial charge in [0, 0.05) is 30.1 Å². The lowest BCUT2D eigenvalue weighted by atomic mass is 10.0. The molecule has 3 atom stereocenters. The molecule has 100 valence electrons. The van der Waals surface area contributed by atoms with Gasteiger partial charge in [0.05, 0.1) is 0 Å². The Kier molecular flexibility index (Phi) is 4.46. The van der Waals surface area contributed by atoms with Crippen molar-refractivity contribution in [1.82, 2.24) is 4.90 Å². The Morgan fingerprint density at radius 1 is 1.33 bits per heavy atom. The molecule has 1 fully saturated rings. The lowest BCUT2D eigenvalue weighted by Crippen LogP contribution is -2.32. The van der Waals surface area contributed by atoms with Crippen LogP contribution >= 0.6 is 15.9 Å². The topological polar surface area (TPSA) is 29.3 Å². The minimum atomic E-state index is 0.365. The van der Waals surface area contributed by atoms with E-state index >= 15 is 0 Å². The van der Waals surface area contributed by atoms with Crippen LogP contribution < -0.4 is 5.73 Å². The first-order valence-corrected chi connectivity index (χ1v) is 7.52. The van der Waals surface area contributed by atoms with Crippen LogP contribution in [0.2, 0.25) is 0 Å². The van der Waals surface area contributed by atoms with E-state index in [1.54, 1.807) is 0 Å². The molecule has 1 aromatic carbocycles. The maximum absolute atomic E-state index is 6.01. The summed E-state index contributed by atoms with van der Waals surface area (Å²) < 4.78 is 1.17. The summed E-state index contributed by atoms with van der Waals surface area (Å²) in [6, 6.07) is 6.96. The number of halogens is 1. The molecule has 1 aliphatic rings. The monoisotopic (exact) mass is 310 g/mol. The molecular weight excluding hydrogens is 288 g/mol. The summed E-state index contributed by atoms with van der Waals surface area (Å²) in [5.41, 5.74) is 8.64. The number of hydrogen-bond donors (Lipinski definition) is 1. The maximum Gasteiger partial charge on any atom is 0.0470 e. The van der Waals surface area contributed by atoms with Gasteiger partial charge in [-0.1, -0.05) is 41.9 Å². The quantitative estimate of drug-likeness (QED) is 0.927. The molecule has 0 saturated carbocycles. The third-order valence-electron chi connectivity index (χ3n) is 4.25. The molecule has 3 heteroatoms. The minimum Gasteiger partial charge on any atom is -0.329 e. The van der Waals surface area contributed by atoms with Gasteiger partial charge < -0.3 is 5.73 Å². The molecule has 1 aromatic rings. The molecule has 18 heavy (non-hydrogen) atoms. The number of benzene rings is 1. The van der Waals surface area contributed by atoms with Crippen molar-refractivity contribution in [2.75, 3.05) is 19.6 Å². The van der Waals surface area contributed by atoms with E-state index in [4.69, 9.17) is 5.73 Å². The number of aryl methyl sites for hydroxylation is 1. The fraction of sp³-hybridized carbons (Fsp3) is 0.600. The Morgan fingerprint density at radius 2 is 1.94 bits per heavy atom. The highest BCUT2D eigenvalue weighted by molar-refractivity contribution is 9.10. The van der Waals surface area contributed by atoms with Crippen molar-refractivity contribution in [2.24, 2.45) is 17.6 Å². The largest absolute Gasteiger partial charge is 0.329 e. The average molecular weight is 311 g/mol. The fourth-order valence-electron chi connectivity index (χ4n) is 2.80. The minimum absolute atomic E-state index is 0.365. The molecule has 0 aromatic heterocycles. The molecule has 1 aliphatic heterocycles. The Bertz CT molecular complexity index is 409. The van der Waals surface area contributed by atoms with Crippen LogP contribution in [-0.2, 0) is 0 Å². The van der Waals surface area contributed by atoms with Gasteiger partial charge in [0.15, 0.2) is 0 Å². The average Bonchev–Trinajstić information content (AvgIpc) is 2.65.